The van der Waals surface area contributed by atoms with Crippen molar-refractivity contribution in [2.24, 2.45) is 0 Å². The van der Waals surface area contributed by atoms with Crippen LogP contribution in [0.3, 0.4) is 0 Å². The topological polar surface area (TPSA) is 45.8 Å². The van der Waals surface area contributed by atoms with Crippen LogP contribution in [0.1, 0.15) is 37.5 Å². The summed E-state index contributed by atoms with van der Waals surface area (Å²) in [5.74, 6) is 0.949. The van der Waals surface area contributed by atoms with Crippen molar-refractivity contribution in [1.82, 2.24) is 9.97 Å². The zero-order valence-electron chi connectivity index (χ0n) is 8.48. The van der Waals surface area contributed by atoms with E-state index in [9.17, 15) is 4.79 Å². The number of H-pyrrole nitrogens is 1. The van der Waals surface area contributed by atoms with Crippen molar-refractivity contribution in [3.8, 4) is 0 Å². The lowest BCUT2D eigenvalue weighted by atomic mass is 10.2. The number of Topliss-reactive ketones (excluding diaryl/α,β-unsaturated/α-hetero) is 1. The molecule has 0 amide bonds. The van der Waals surface area contributed by atoms with Crippen molar-refractivity contribution < 1.29 is 4.79 Å². The summed E-state index contributed by atoms with van der Waals surface area (Å²) < 4.78 is 0. The van der Waals surface area contributed by atoms with Gasteiger partial charge in [0.1, 0.15) is 11.6 Å². The molecule has 1 aromatic heterocycles. The largest absolute Gasteiger partial charge is 0.345 e. The predicted octanol–water partition coefficient (Wildman–Crippen LogP) is 1.80. The van der Waals surface area contributed by atoms with E-state index in [0.717, 1.165) is 30.1 Å². The minimum atomic E-state index is 0.150. The molecule has 1 rings (SSSR count). The number of ketones is 1. The summed E-state index contributed by atoms with van der Waals surface area (Å²) in [6.45, 7) is 5.71. The molecule has 0 aliphatic carbocycles. The third-order valence-electron chi connectivity index (χ3n) is 1.94. The van der Waals surface area contributed by atoms with Gasteiger partial charge in [-0.2, -0.15) is 0 Å². The van der Waals surface area contributed by atoms with E-state index in [1.807, 2.05) is 6.92 Å². The quantitative estimate of drug-likeness (QED) is 0.768. The van der Waals surface area contributed by atoms with E-state index in [0.29, 0.717) is 6.42 Å². The van der Waals surface area contributed by atoms with Crippen LogP contribution >= 0.6 is 0 Å². The van der Waals surface area contributed by atoms with Gasteiger partial charge in [-0.1, -0.05) is 13.3 Å². The molecule has 0 spiro atoms. The van der Waals surface area contributed by atoms with Gasteiger partial charge in [-0.15, -0.1) is 0 Å². The number of hydrogen-bond acceptors (Lipinski definition) is 2. The highest BCUT2D eigenvalue weighted by Crippen LogP contribution is 2.07. The lowest BCUT2D eigenvalue weighted by Gasteiger charge is -1.91. The van der Waals surface area contributed by atoms with Gasteiger partial charge in [0.05, 0.1) is 12.1 Å². The first kappa shape index (κ1) is 9.96. The van der Waals surface area contributed by atoms with Crippen LogP contribution in [-0.4, -0.2) is 15.8 Å². The molecule has 1 aromatic rings. The van der Waals surface area contributed by atoms with E-state index in [1.54, 1.807) is 6.92 Å². The number of nitrogens with one attached hydrogen (secondary N) is 1. The van der Waals surface area contributed by atoms with Crippen molar-refractivity contribution in [1.29, 1.82) is 0 Å². The molecule has 1 N–H and O–H groups in total. The summed E-state index contributed by atoms with van der Waals surface area (Å²) in [7, 11) is 0. The Kier molecular flexibility index (Phi) is 3.23. The van der Waals surface area contributed by atoms with Crippen LogP contribution in [0.4, 0.5) is 0 Å². The Morgan fingerprint density at radius 2 is 2.23 bits per heavy atom. The number of aryl methyl sites for hydroxylation is 2. The number of aromatic nitrogens is 2. The van der Waals surface area contributed by atoms with Gasteiger partial charge in [0.15, 0.2) is 0 Å². The molecule has 13 heavy (non-hydrogen) atoms. The van der Waals surface area contributed by atoms with Crippen LogP contribution < -0.4 is 0 Å². The van der Waals surface area contributed by atoms with E-state index < -0.39 is 0 Å². The highest BCUT2D eigenvalue weighted by molar-refractivity contribution is 5.77. The van der Waals surface area contributed by atoms with Gasteiger partial charge in [0, 0.05) is 5.69 Å². The van der Waals surface area contributed by atoms with E-state index in [1.165, 1.54) is 0 Å². The fourth-order valence-corrected chi connectivity index (χ4v) is 1.36. The Bertz CT molecular complexity index is 302. The highest BCUT2D eigenvalue weighted by Gasteiger charge is 2.06. The summed E-state index contributed by atoms with van der Waals surface area (Å²) in [6.07, 6.45) is 2.50. The van der Waals surface area contributed by atoms with E-state index in [-0.39, 0.29) is 5.78 Å². The zero-order valence-corrected chi connectivity index (χ0v) is 8.48. The molecule has 0 aliphatic rings. The summed E-state index contributed by atoms with van der Waals surface area (Å²) in [5, 5.41) is 0. The van der Waals surface area contributed by atoms with Crippen LogP contribution in [-0.2, 0) is 17.6 Å². The third-order valence-corrected chi connectivity index (χ3v) is 1.94. The Morgan fingerprint density at radius 1 is 1.54 bits per heavy atom. The number of aromatic amines is 1. The molecular weight excluding hydrogens is 164 g/mol. The lowest BCUT2D eigenvalue weighted by Crippen LogP contribution is -1.98. The third kappa shape index (κ3) is 2.68. The maximum atomic E-state index is 10.8. The molecule has 0 fully saturated rings. The summed E-state index contributed by atoms with van der Waals surface area (Å²) in [4.78, 5) is 18.3. The monoisotopic (exact) mass is 180 g/mol. The molecule has 0 radical (unpaired) electrons. The standard InChI is InChI=1S/C10H16N2O/c1-4-5-9-8(3)11-10(12-9)6-7(2)13/h4-6H2,1-3H3,(H,11,12). The Morgan fingerprint density at radius 3 is 2.77 bits per heavy atom. The number of imidazole rings is 1. The summed E-state index contributed by atoms with van der Waals surface area (Å²) in [5.41, 5.74) is 2.19. The van der Waals surface area contributed by atoms with Crippen LogP contribution in [0.2, 0.25) is 0 Å². The Hall–Kier alpha value is -1.12. The van der Waals surface area contributed by atoms with Crippen LogP contribution in [0.5, 0.6) is 0 Å². The lowest BCUT2D eigenvalue weighted by molar-refractivity contribution is -0.116. The molecule has 0 aromatic carbocycles. The maximum absolute atomic E-state index is 10.8. The Labute approximate surface area is 78.6 Å². The van der Waals surface area contributed by atoms with Gasteiger partial charge in [-0.25, -0.2) is 4.98 Å². The van der Waals surface area contributed by atoms with Gasteiger partial charge in [-0.05, 0) is 20.3 Å². The van der Waals surface area contributed by atoms with E-state index >= 15 is 0 Å². The number of rotatable bonds is 4. The molecule has 1 heterocycles. The first-order valence-electron chi connectivity index (χ1n) is 4.67. The maximum Gasteiger partial charge on any atom is 0.137 e. The molecular formula is C10H16N2O. The van der Waals surface area contributed by atoms with Crippen molar-refractivity contribution in [2.45, 2.75) is 40.0 Å². The molecule has 0 aliphatic heterocycles. The number of nitrogens with zero attached hydrogens (tertiary/aromatic N) is 1. The smallest absolute Gasteiger partial charge is 0.137 e. The number of carbonyl (C=O) groups excluding carboxylic acids is 1. The first-order chi connectivity index (χ1) is 6.13. The molecule has 3 heteroatoms. The number of carbonyl (C=O) groups is 1. The minimum absolute atomic E-state index is 0.150. The minimum Gasteiger partial charge on any atom is -0.345 e. The molecule has 0 saturated carbocycles. The average molecular weight is 180 g/mol. The molecule has 0 saturated heterocycles. The van der Waals surface area contributed by atoms with Crippen molar-refractivity contribution in [2.75, 3.05) is 0 Å². The first-order valence-corrected chi connectivity index (χ1v) is 4.67. The van der Waals surface area contributed by atoms with Crippen molar-refractivity contribution in [3.05, 3.63) is 17.2 Å². The van der Waals surface area contributed by atoms with Crippen molar-refractivity contribution in [3.63, 3.8) is 0 Å². The fraction of sp³-hybridized carbons (Fsp3) is 0.600. The normalized spacial score (nSPS) is 10.4. The second-order valence-corrected chi connectivity index (χ2v) is 3.38. The molecule has 0 bridgehead atoms. The molecule has 0 unspecified atom stereocenters. The molecule has 0 atom stereocenters. The molecule has 72 valence electrons. The zero-order chi connectivity index (χ0) is 9.84. The predicted molar refractivity (Wildman–Crippen MR) is 51.7 cm³/mol. The second-order valence-electron chi connectivity index (χ2n) is 3.38. The van der Waals surface area contributed by atoms with Gasteiger partial charge >= 0.3 is 0 Å². The van der Waals surface area contributed by atoms with Gasteiger partial charge in [0.2, 0.25) is 0 Å². The molecule has 3 nitrogen and oxygen atoms in total. The highest BCUT2D eigenvalue weighted by atomic mass is 16.1. The summed E-state index contributed by atoms with van der Waals surface area (Å²) in [6, 6.07) is 0. The van der Waals surface area contributed by atoms with Crippen molar-refractivity contribution >= 4 is 5.78 Å². The Balaban J connectivity index is 2.76. The van der Waals surface area contributed by atoms with E-state index in [2.05, 4.69) is 16.9 Å². The van der Waals surface area contributed by atoms with Crippen LogP contribution in [0.15, 0.2) is 0 Å². The summed E-state index contributed by atoms with van der Waals surface area (Å²) >= 11 is 0. The van der Waals surface area contributed by atoms with Crippen LogP contribution in [0.25, 0.3) is 0 Å². The second kappa shape index (κ2) is 4.21. The van der Waals surface area contributed by atoms with Gasteiger partial charge in [-0.3, -0.25) is 4.79 Å². The van der Waals surface area contributed by atoms with E-state index in [4.69, 9.17) is 0 Å². The SMILES string of the molecule is CCCc1nc(CC(C)=O)[nH]c1C. The fourth-order valence-electron chi connectivity index (χ4n) is 1.36. The average Bonchev–Trinajstić information content (AvgIpc) is 2.31. The number of hydrogen-bond donors (Lipinski definition) is 1. The van der Waals surface area contributed by atoms with Gasteiger partial charge in [0.25, 0.3) is 0 Å². The van der Waals surface area contributed by atoms with Crippen LogP contribution in [0, 0.1) is 6.92 Å². The van der Waals surface area contributed by atoms with Gasteiger partial charge < -0.3 is 4.98 Å².